The number of hydrogen-bond acceptors (Lipinski definition) is 2. The maximum atomic E-state index is 12.0. The molecule has 0 unspecified atom stereocenters. The first-order valence-electron chi connectivity index (χ1n) is 5.75. The Morgan fingerprint density at radius 1 is 1.00 bits per heavy atom. The lowest BCUT2D eigenvalue weighted by molar-refractivity contribution is 0.101. The highest BCUT2D eigenvalue weighted by molar-refractivity contribution is 6.34. The van der Waals surface area contributed by atoms with Gasteiger partial charge in [0.2, 0.25) is 0 Å². The number of rotatable bonds is 3. The molecule has 3 nitrogen and oxygen atoms in total. The van der Waals surface area contributed by atoms with Gasteiger partial charge in [-0.05, 0) is 31.2 Å². The van der Waals surface area contributed by atoms with Crippen molar-refractivity contribution in [3.8, 4) is 0 Å². The molecule has 0 aliphatic heterocycles. The minimum Gasteiger partial charge on any atom is -0.321 e. The summed E-state index contributed by atoms with van der Waals surface area (Å²) in [5.41, 5.74) is 1.28. The van der Waals surface area contributed by atoms with Gasteiger partial charge in [-0.1, -0.05) is 35.9 Å². The highest BCUT2D eigenvalue weighted by Gasteiger charge is 2.14. The van der Waals surface area contributed by atoms with E-state index in [-0.39, 0.29) is 11.7 Å². The van der Waals surface area contributed by atoms with Gasteiger partial charge in [0.05, 0.1) is 16.3 Å². The van der Waals surface area contributed by atoms with Crippen molar-refractivity contribution in [1.29, 1.82) is 0 Å². The van der Waals surface area contributed by atoms with E-state index in [0.29, 0.717) is 21.8 Å². The second-order valence-electron chi connectivity index (χ2n) is 4.04. The first-order valence-corrected chi connectivity index (χ1v) is 6.13. The van der Waals surface area contributed by atoms with Gasteiger partial charge < -0.3 is 5.32 Å². The SMILES string of the molecule is CC(=O)c1c(Cl)cccc1NC(=O)c1ccccc1. The smallest absolute Gasteiger partial charge is 0.255 e. The van der Waals surface area contributed by atoms with Crippen LogP contribution in [-0.2, 0) is 0 Å². The fourth-order valence-electron chi connectivity index (χ4n) is 1.77. The van der Waals surface area contributed by atoms with Crippen molar-refractivity contribution in [2.75, 3.05) is 5.32 Å². The molecule has 0 aliphatic rings. The van der Waals surface area contributed by atoms with Gasteiger partial charge in [-0.25, -0.2) is 0 Å². The summed E-state index contributed by atoms with van der Waals surface area (Å²) >= 11 is 5.98. The number of amides is 1. The quantitative estimate of drug-likeness (QED) is 0.865. The van der Waals surface area contributed by atoms with Gasteiger partial charge in [-0.15, -0.1) is 0 Å². The van der Waals surface area contributed by atoms with E-state index in [9.17, 15) is 9.59 Å². The highest BCUT2D eigenvalue weighted by Crippen LogP contribution is 2.25. The normalized spacial score (nSPS) is 10.0. The number of carbonyl (C=O) groups is 2. The van der Waals surface area contributed by atoms with Crippen molar-refractivity contribution in [3.05, 3.63) is 64.7 Å². The largest absolute Gasteiger partial charge is 0.321 e. The Bertz CT molecular complexity index is 623. The minimum absolute atomic E-state index is 0.186. The van der Waals surface area contributed by atoms with Gasteiger partial charge in [0.25, 0.3) is 5.91 Å². The summed E-state index contributed by atoms with van der Waals surface area (Å²) in [5, 5.41) is 3.04. The van der Waals surface area contributed by atoms with Crippen molar-refractivity contribution >= 4 is 29.0 Å². The molecule has 0 atom stereocenters. The van der Waals surface area contributed by atoms with Gasteiger partial charge in [0.1, 0.15) is 0 Å². The van der Waals surface area contributed by atoms with Gasteiger partial charge in [0.15, 0.2) is 5.78 Å². The van der Waals surface area contributed by atoms with Crippen LogP contribution in [0.15, 0.2) is 48.5 Å². The molecule has 0 saturated heterocycles. The highest BCUT2D eigenvalue weighted by atomic mass is 35.5. The van der Waals surface area contributed by atoms with Crippen LogP contribution in [0.25, 0.3) is 0 Å². The van der Waals surface area contributed by atoms with E-state index in [4.69, 9.17) is 11.6 Å². The Labute approximate surface area is 116 Å². The Kier molecular flexibility index (Phi) is 3.97. The maximum Gasteiger partial charge on any atom is 0.255 e. The zero-order valence-electron chi connectivity index (χ0n) is 10.3. The lowest BCUT2D eigenvalue weighted by Crippen LogP contribution is -2.14. The summed E-state index contributed by atoms with van der Waals surface area (Å²) in [6, 6.07) is 13.8. The van der Waals surface area contributed by atoms with E-state index in [1.807, 2.05) is 6.07 Å². The van der Waals surface area contributed by atoms with Crippen molar-refractivity contribution in [3.63, 3.8) is 0 Å². The van der Waals surface area contributed by atoms with Crippen LogP contribution in [0.5, 0.6) is 0 Å². The number of carbonyl (C=O) groups excluding carboxylic acids is 2. The molecule has 0 spiro atoms. The summed E-state index contributed by atoms with van der Waals surface area (Å²) < 4.78 is 0. The van der Waals surface area contributed by atoms with Crippen molar-refractivity contribution in [1.82, 2.24) is 0 Å². The monoisotopic (exact) mass is 273 g/mol. The number of Topliss-reactive ketones (excluding diaryl/α,β-unsaturated/α-hetero) is 1. The second-order valence-corrected chi connectivity index (χ2v) is 4.45. The van der Waals surface area contributed by atoms with E-state index in [1.54, 1.807) is 42.5 Å². The molecule has 0 fully saturated rings. The summed E-state index contributed by atoms with van der Waals surface area (Å²) in [5.74, 6) is -0.459. The Hall–Kier alpha value is -2.13. The number of nitrogens with one attached hydrogen (secondary N) is 1. The van der Waals surface area contributed by atoms with E-state index in [0.717, 1.165) is 0 Å². The predicted molar refractivity (Wildman–Crippen MR) is 75.9 cm³/mol. The van der Waals surface area contributed by atoms with Crippen LogP contribution < -0.4 is 5.32 Å². The van der Waals surface area contributed by atoms with Crippen LogP contribution in [0, 0.1) is 0 Å². The molecule has 2 aromatic carbocycles. The average Bonchev–Trinajstić information content (AvgIpc) is 2.39. The third-order valence-electron chi connectivity index (χ3n) is 2.65. The molecular formula is C15H12ClNO2. The summed E-state index contributed by atoms with van der Waals surface area (Å²) in [7, 11) is 0. The van der Waals surface area contributed by atoms with E-state index < -0.39 is 0 Å². The zero-order valence-corrected chi connectivity index (χ0v) is 11.1. The lowest BCUT2D eigenvalue weighted by Gasteiger charge is -2.10. The van der Waals surface area contributed by atoms with Gasteiger partial charge in [-0.3, -0.25) is 9.59 Å². The molecule has 0 aliphatic carbocycles. The molecule has 96 valence electrons. The minimum atomic E-state index is -0.273. The molecule has 2 rings (SSSR count). The molecule has 4 heteroatoms. The van der Waals surface area contributed by atoms with Crippen molar-refractivity contribution in [2.45, 2.75) is 6.92 Å². The van der Waals surface area contributed by atoms with Crippen LogP contribution >= 0.6 is 11.6 Å². The number of anilines is 1. The number of halogens is 1. The van der Waals surface area contributed by atoms with Crippen molar-refractivity contribution < 1.29 is 9.59 Å². The zero-order chi connectivity index (χ0) is 13.8. The standard InChI is InChI=1S/C15H12ClNO2/c1-10(18)14-12(16)8-5-9-13(14)17-15(19)11-6-3-2-4-7-11/h2-9H,1H3,(H,17,19). The molecule has 1 N–H and O–H groups in total. The fourth-order valence-corrected chi connectivity index (χ4v) is 2.08. The first-order chi connectivity index (χ1) is 9.09. The predicted octanol–water partition coefficient (Wildman–Crippen LogP) is 3.79. The molecule has 1 amide bonds. The topological polar surface area (TPSA) is 46.2 Å². The van der Waals surface area contributed by atoms with Crippen LogP contribution in [0.2, 0.25) is 5.02 Å². The lowest BCUT2D eigenvalue weighted by atomic mass is 10.1. The maximum absolute atomic E-state index is 12.0. The van der Waals surface area contributed by atoms with Crippen LogP contribution in [0.3, 0.4) is 0 Å². The van der Waals surface area contributed by atoms with Crippen molar-refractivity contribution in [2.24, 2.45) is 0 Å². The Morgan fingerprint density at radius 3 is 2.32 bits per heavy atom. The Balaban J connectivity index is 2.32. The molecule has 2 aromatic rings. The summed E-state index contributed by atoms with van der Waals surface area (Å²) in [6.07, 6.45) is 0. The molecule has 0 saturated carbocycles. The Morgan fingerprint density at radius 2 is 1.68 bits per heavy atom. The molecule has 0 aromatic heterocycles. The van der Waals surface area contributed by atoms with Crippen LogP contribution in [-0.4, -0.2) is 11.7 Å². The van der Waals surface area contributed by atoms with Crippen LogP contribution in [0.1, 0.15) is 27.6 Å². The van der Waals surface area contributed by atoms with E-state index in [2.05, 4.69) is 5.32 Å². The third-order valence-corrected chi connectivity index (χ3v) is 2.96. The molecule has 0 heterocycles. The number of hydrogen-bond donors (Lipinski definition) is 1. The summed E-state index contributed by atoms with van der Waals surface area (Å²) in [4.78, 5) is 23.6. The van der Waals surface area contributed by atoms with E-state index in [1.165, 1.54) is 6.92 Å². The van der Waals surface area contributed by atoms with E-state index >= 15 is 0 Å². The number of ketones is 1. The summed E-state index contributed by atoms with van der Waals surface area (Å²) in [6.45, 7) is 1.42. The molecular weight excluding hydrogens is 262 g/mol. The first kappa shape index (κ1) is 13.3. The second kappa shape index (κ2) is 5.67. The van der Waals surface area contributed by atoms with Gasteiger partial charge >= 0.3 is 0 Å². The van der Waals surface area contributed by atoms with Gasteiger partial charge in [-0.2, -0.15) is 0 Å². The third kappa shape index (κ3) is 3.01. The molecule has 0 radical (unpaired) electrons. The average molecular weight is 274 g/mol. The van der Waals surface area contributed by atoms with Crippen LogP contribution in [0.4, 0.5) is 5.69 Å². The fraction of sp³-hybridized carbons (Fsp3) is 0.0667. The van der Waals surface area contributed by atoms with Gasteiger partial charge in [0, 0.05) is 5.56 Å². The molecule has 19 heavy (non-hydrogen) atoms. The molecule has 0 bridgehead atoms. The number of benzene rings is 2.